The fraction of sp³-hybridized carbons (Fsp3) is 0.500. The normalized spacial score (nSPS) is 15.3. The van der Waals surface area contributed by atoms with Crippen LogP contribution in [-0.2, 0) is 11.2 Å². The summed E-state index contributed by atoms with van der Waals surface area (Å²) in [5.74, 6) is -0.147. The minimum atomic E-state index is -0.288. The standard InChI is InChI=1S/C18H23ClN4O3/c1-3-14-16(23-10-5-12(19)11-15(23)21-14)17(24)20-13-6-8-22(9-7-13)18(25)26-4-2/h5,10-11,13H,3-4,6-9H2,1-2H3,(H,20,24). The number of halogens is 1. The highest BCUT2D eigenvalue weighted by atomic mass is 35.5. The predicted octanol–water partition coefficient (Wildman–Crippen LogP) is 2.90. The van der Waals surface area contributed by atoms with Crippen molar-refractivity contribution in [3.8, 4) is 0 Å². The molecule has 26 heavy (non-hydrogen) atoms. The minimum Gasteiger partial charge on any atom is -0.450 e. The van der Waals surface area contributed by atoms with Crippen LogP contribution in [0.5, 0.6) is 0 Å². The summed E-state index contributed by atoms with van der Waals surface area (Å²) in [7, 11) is 0. The van der Waals surface area contributed by atoms with Crippen LogP contribution in [0.3, 0.4) is 0 Å². The molecule has 3 heterocycles. The molecule has 0 bridgehead atoms. The zero-order valence-electron chi connectivity index (χ0n) is 15.0. The molecule has 1 aliphatic rings. The molecule has 0 unspecified atom stereocenters. The molecule has 8 heteroatoms. The first-order chi connectivity index (χ1) is 12.5. The molecule has 3 rings (SSSR count). The van der Waals surface area contributed by atoms with E-state index in [9.17, 15) is 9.59 Å². The Morgan fingerprint density at radius 2 is 2.08 bits per heavy atom. The lowest BCUT2D eigenvalue weighted by Gasteiger charge is -2.31. The van der Waals surface area contributed by atoms with E-state index in [-0.39, 0.29) is 18.0 Å². The summed E-state index contributed by atoms with van der Waals surface area (Å²) in [4.78, 5) is 30.8. The molecule has 1 N–H and O–H groups in total. The summed E-state index contributed by atoms with van der Waals surface area (Å²) in [5, 5.41) is 3.67. The van der Waals surface area contributed by atoms with Crippen molar-refractivity contribution in [1.82, 2.24) is 19.6 Å². The summed E-state index contributed by atoms with van der Waals surface area (Å²) < 4.78 is 6.79. The first-order valence-electron chi connectivity index (χ1n) is 8.92. The molecule has 0 spiro atoms. The van der Waals surface area contributed by atoms with Gasteiger partial charge in [0.1, 0.15) is 11.3 Å². The molecule has 0 aromatic carbocycles. The molecule has 7 nitrogen and oxygen atoms in total. The number of nitrogens with zero attached hydrogens (tertiary/aromatic N) is 3. The number of hydrogen-bond donors (Lipinski definition) is 1. The highest BCUT2D eigenvalue weighted by Gasteiger charge is 2.26. The number of ether oxygens (including phenoxy) is 1. The van der Waals surface area contributed by atoms with Crippen LogP contribution in [0.25, 0.3) is 5.65 Å². The van der Waals surface area contributed by atoms with E-state index in [2.05, 4.69) is 10.3 Å². The molecule has 1 aliphatic heterocycles. The Hall–Kier alpha value is -2.28. The topological polar surface area (TPSA) is 75.9 Å². The number of imidazole rings is 1. The van der Waals surface area contributed by atoms with Gasteiger partial charge in [-0.3, -0.25) is 9.20 Å². The van der Waals surface area contributed by atoms with E-state index in [0.717, 1.165) is 5.69 Å². The Bertz CT molecular complexity index is 812. The Morgan fingerprint density at radius 1 is 1.35 bits per heavy atom. The maximum Gasteiger partial charge on any atom is 0.409 e. The summed E-state index contributed by atoms with van der Waals surface area (Å²) >= 11 is 6.02. The minimum absolute atomic E-state index is 0.0238. The highest BCUT2D eigenvalue weighted by Crippen LogP contribution is 2.19. The molecule has 0 saturated carbocycles. The number of fused-ring (bicyclic) bond motifs is 1. The van der Waals surface area contributed by atoms with Crippen LogP contribution in [-0.4, -0.2) is 52.0 Å². The molecule has 1 saturated heterocycles. The van der Waals surface area contributed by atoms with Crippen molar-refractivity contribution in [3.05, 3.63) is 34.7 Å². The van der Waals surface area contributed by atoms with Crippen molar-refractivity contribution >= 4 is 29.2 Å². The number of carbonyl (C=O) groups excluding carboxylic acids is 2. The van der Waals surface area contributed by atoms with Crippen LogP contribution < -0.4 is 5.32 Å². The lowest BCUT2D eigenvalue weighted by Crippen LogP contribution is -2.47. The van der Waals surface area contributed by atoms with Crippen LogP contribution in [0.4, 0.5) is 4.79 Å². The van der Waals surface area contributed by atoms with Crippen molar-refractivity contribution in [2.45, 2.75) is 39.2 Å². The Balaban J connectivity index is 1.69. The van der Waals surface area contributed by atoms with E-state index in [1.54, 1.807) is 34.6 Å². The second kappa shape index (κ2) is 7.95. The van der Waals surface area contributed by atoms with Gasteiger partial charge in [0, 0.05) is 36.4 Å². The summed E-state index contributed by atoms with van der Waals surface area (Å²) in [6.45, 7) is 5.28. The van der Waals surface area contributed by atoms with Crippen molar-refractivity contribution in [3.63, 3.8) is 0 Å². The van der Waals surface area contributed by atoms with Gasteiger partial charge < -0.3 is 15.0 Å². The number of nitrogens with one attached hydrogen (secondary N) is 1. The third kappa shape index (κ3) is 3.77. The Labute approximate surface area is 157 Å². The number of likely N-dealkylation sites (tertiary alicyclic amines) is 1. The maximum atomic E-state index is 12.9. The van der Waals surface area contributed by atoms with Gasteiger partial charge in [0.2, 0.25) is 0 Å². The number of pyridine rings is 1. The van der Waals surface area contributed by atoms with Crippen LogP contribution in [0.2, 0.25) is 5.02 Å². The largest absolute Gasteiger partial charge is 0.450 e. The van der Waals surface area contributed by atoms with Crippen LogP contribution in [0, 0.1) is 0 Å². The van der Waals surface area contributed by atoms with Gasteiger partial charge in [0.05, 0.1) is 12.3 Å². The SMILES string of the molecule is CCOC(=O)N1CCC(NC(=O)c2c(CC)nc3cc(Cl)ccn23)CC1. The van der Waals surface area contributed by atoms with Crippen molar-refractivity contribution in [1.29, 1.82) is 0 Å². The molecule has 2 aromatic rings. The van der Waals surface area contributed by atoms with Crippen molar-refractivity contribution in [2.24, 2.45) is 0 Å². The van der Waals surface area contributed by atoms with Crippen molar-refractivity contribution in [2.75, 3.05) is 19.7 Å². The summed E-state index contributed by atoms with van der Waals surface area (Å²) in [5.41, 5.74) is 1.96. The Kier molecular flexibility index (Phi) is 5.66. The fourth-order valence-corrected chi connectivity index (χ4v) is 3.38. The number of piperidine rings is 1. The number of hydrogen-bond acceptors (Lipinski definition) is 4. The van der Waals surface area contributed by atoms with Gasteiger partial charge in [-0.05, 0) is 32.3 Å². The van der Waals surface area contributed by atoms with Gasteiger partial charge >= 0.3 is 6.09 Å². The molecule has 0 radical (unpaired) electrons. The average molecular weight is 379 g/mol. The van der Waals surface area contributed by atoms with E-state index in [0.29, 0.717) is 55.3 Å². The average Bonchev–Trinajstić information content (AvgIpc) is 3.00. The highest BCUT2D eigenvalue weighted by molar-refractivity contribution is 6.30. The molecule has 0 atom stereocenters. The van der Waals surface area contributed by atoms with E-state index < -0.39 is 0 Å². The molecule has 1 fully saturated rings. The van der Waals surface area contributed by atoms with Gasteiger partial charge in [0.25, 0.3) is 5.91 Å². The second-order valence-electron chi connectivity index (χ2n) is 6.27. The Morgan fingerprint density at radius 3 is 2.73 bits per heavy atom. The van der Waals surface area contributed by atoms with Crippen molar-refractivity contribution < 1.29 is 14.3 Å². The summed E-state index contributed by atoms with van der Waals surface area (Å²) in [6, 6.07) is 3.51. The van der Waals surface area contributed by atoms with Gasteiger partial charge in [0.15, 0.2) is 0 Å². The monoisotopic (exact) mass is 378 g/mol. The molecular formula is C18H23ClN4O3. The van der Waals surface area contributed by atoms with Gasteiger partial charge in [-0.1, -0.05) is 18.5 Å². The summed E-state index contributed by atoms with van der Waals surface area (Å²) in [6.07, 6.45) is 3.54. The quantitative estimate of drug-likeness (QED) is 0.887. The number of rotatable bonds is 4. The molecule has 0 aliphatic carbocycles. The number of amides is 2. The zero-order chi connectivity index (χ0) is 18.7. The third-order valence-electron chi connectivity index (χ3n) is 4.57. The number of aromatic nitrogens is 2. The third-order valence-corrected chi connectivity index (χ3v) is 4.80. The van der Waals surface area contributed by atoms with Gasteiger partial charge in [-0.25, -0.2) is 9.78 Å². The van der Waals surface area contributed by atoms with E-state index in [1.807, 2.05) is 6.92 Å². The van der Waals surface area contributed by atoms with E-state index in [1.165, 1.54) is 0 Å². The molecule has 2 amide bonds. The van der Waals surface area contributed by atoms with Crippen LogP contribution in [0.1, 0.15) is 42.9 Å². The lowest BCUT2D eigenvalue weighted by atomic mass is 10.1. The molecule has 140 valence electrons. The van der Waals surface area contributed by atoms with Crippen LogP contribution >= 0.6 is 11.6 Å². The maximum absolute atomic E-state index is 12.9. The molecular weight excluding hydrogens is 356 g/mol. The first-order valence-corrected chi connectivity index (χ1v) is 9.30. The first kappa shape index (κ1) is 18.5. The fourth-order valence-electron chi connectivity index (χ4n) is 3.23. The van der Waals surface area contributed by atoms with E-state index in [4.69, 9.17) is 16.3 Å². The van der Waals surface area contributed by atoms with Gasteiger partial charge in [-0.2, -0.15) is 0 Å². The predicted molar refractivity (Wildman–Crippen MR) is 98.7 cm³/mol. The van der Waals surface area contributed by atoms with Gasteiger partial charge in [-0.15, -0.1) is 0 Å². The molecule has 2 aromatic heterocycles. The number of carbonyl (C=O) groups is 2. The van der Waals surface area contributed by atoms with E-state index >= 15 is 0 Å². The lowest BCUT2D eigenvalue weighted by molar-refractivity contribution is 0.0855. The van der Waals surface area contributed by atoms with Crippen LogP contribution in [0.15, 0.2) is 18.3 Å². The second-order valence-corrected chi connectivity index (χ2v) is 6.70. The smallest absolute Gasteiger partial charge is 0.409 e. The number of aryl methyl sites for hydroxylation is 1. The zero-order valence-corrected chi connectivity index (χ0v) is 15.8.